The number of carbonyl (C=O) groups excluding carboxylic acids is 1. The second-order valence-corrected chi connectivity index (χ2v) is 5.89. The Morgan fingerprint density at radius 1 is 1.10 bits per heavy atom. The van der Waals surface area contributed by atoms with Gasteiger partial charge in [0, 0.05) is 19.1 Å². The van der Waals surface area contributed by atoms with Crippen molar-refractivity contribution >= 4 is 16.7 Å². The fourth-order valence-corrected chi connectivity index (χ4v) is 3.09. The molecule has 0 spiro atoms. The first-order valence-corrected chi connectivity index (χ1v) is 7.74. The van der Waals surface area contributed by atoms with Crippen LogP contribution in [0.4, 0.5) is 0 Å². The van der Waals surface area contributed by atoms with Crippen molar-refractivity contribution in [2.45, 2.75) is 31.7 Å². The number of nitrogens with two attached hydrogens (primary N) is 1. The summed E-state index contributed by atoms with van der Waals surface area (Å²) in [5.74, 6) is 0.223. The van der Waals surface area contributed by atoms with Crippen molar-refractivity contribution in [2.24, 2.45) is 5.73 Å². The molecule has 1 aliphatic heterocycles. The van der Waals surface area contributed by atoms with Crippen LogP contribution in [0.3, 0.4) is 0 Å². The van der Waals surface area contributed by atoms with E-state index in [-0.39, 0.29) is 11.9 Å². The van der Waals surface area contributed by atoms with Crippen LogP contribution in [-0.2, 0) is 11.2 Å². The van der Waals surface area contributed by atoms with Crippen LogP contribution in [0.5, 0.6) is 0 Å². The van der Waals surface area contributed by atoms with E-state index in [1.807, 2.05) is 23.1 Å². The summed E-state index contributed by atoms with van der Waals surface area (Å²) in [6.07, 6.45) is 3.44. The van der Waals surface area contributed by atoms with E-state index in [1.165, 1.54) is 10.8 Å². The molecule has 1 unspecified atom stereocenters. The summed E-state index contributed by atoms with van der Waals surface area (Å²) in [7, 11) is 0. The van der Waals surface area contributed by atoms with E-state index in [2.05, 4.69) is 24.3 Å². The van der Waals surface area contributed by atoms with Crippen molar-refractivity contribution in [3.05, 3.63) is 48.0 Å². The summed E-state index contributed by atoms with van der Waals surface area (Å²) in [5, 5.41) is 2.38. The topological polar surface area (TPSA) is 46.3 Å². The van der Waals surface area contributed by atoms with E-state index < -0.39 is 0 Å². The molecule has 2 aromatic carbocycles. The maximum Gasteiger partial charge on any atom is 0.227 e. The molecule has 0 saturated carbocycles. The average molecular weight is 282 g/mol. The highest BCUT2D eigenvalue weighted by atomic mass is 16.2. The van der Waals surface area contributed by atoms with Crippen LogP contribution >= 0.6 is 0 Å². The molecule has 3 nitrogen and oxygen atoms in total. The summed E-state index contributed by atoms with van der Waals surface area (Å²) in [6, 6.07) is 14.7. The Kier molecular flexibility index (Phi) is 4.20. The van der Waals surface area contributed by atoms with Crippen LogP contribution in [-0.4, -0.2) is 29.9 Å². The van der Waals surface area contributed by atoms with E-state index in [0.29, 0.717) is 6.42 Å². The molecule has 3 rings (SSSR count). The third kappa shape index (κ3) is 3.24. The van der Waals surface area contributed by atoms with Crippen LogP contribution in [0.2, 0.25) is 0 Å². The van der Waals surface area contributed by atoms with Gasteiger partial charge in [0.25, 0.3) is 0 Å². The second-order valence-electron chi connectivity index (χ2n) is 5.89. The van der Waals surface area contributed by atoms with E-state index in [9.17, 15) is 4.79 Å². The van der Waals surface area contributed by atoms with Gasteiger partial charge in [-0.1, -0.05) is 42.5 Å². The number of fused-ring (bicyclic) bond motifs is 1. The summed E-state index contributed by atoms with van der Waals surface area (Å²) in [6.45, 7) is 1.64. The van der Waals surface area contributed by atoms with Crippen molar-refractivity contribution in [2.75, 3.05) is 13.1 Å². The molecule has 0 radical (unpaired) electrons. The zero-order valence-electron chi connectivity index (χ0n) is 12.3. The van der Waals surface area contributed by atoms with Crippen LogP contribution < -0.4 is 5.73 Å². The summed E-state index contributed by atoms with van der Waals surface area (Å²) in [5.41, 5.74) is 7.10. The number of likely N-dealkylation sites (tertiary alicyclic amines) is 1. The fraction of sp³-hybridized carbons (Fsp3) is 0.389. The van der Waals surface area contributed by atoms with E-state index in [0.717, 1.165) is 37.9 Å². The monoisotopic (exact) mass is 282 g/mol. The smallest absolute Gasteiger partial charge is 0.227 e. The molecule has 0 aliphatic carbocycles. The standard InChI is InChI=1S/C18H22N2O/c19-16-8-4-11-20(12-10-16)18(21)13-15-7-3-6-14-5-1-2-9-17(14)15/h1-3,5-7,9,16H,4,8,10-13,19H2. The molecular weight excluding hydrogens is 260 g/mol. The molecule has 0 bridgehead atoms. The summed E-state index contributed by atoms with van der Waals surface area (Å²) >= 11 is 0. The van der Waals surface area contributed by atoms with E-state index in [1.54, 1.807) is 0 Å². The van der Waals surface area contributed by atoms with Gasteiger partial charge in [-0.15, -0.1) is 0 Å². The van der Waals surface area contributed by atoms with Gasteiger partial charge < -0.3 is 10.6 Å². The Morgan fingerprint density at radius 2 is 1.90 bits per heavy atom. The minimum atomic E-state index is 0.223. The Morgan fingerprint density at radius 3 is 2.81 bits per heavy atom. The number of nitrogens with zero attached hydrogens (tertiary/aromatic N) is 1. The van der Waals surface area contributed by atoms with Gasteiger partial charge in [-0.05, 0) is 35.6 Å². The molecule has 1 aliphatic rings. The largest absolute Gasteiger partial charge is 0.342 e. The van der Waals surface area contributed by atoms with Gasteiger partial charge >= 0.3 is 0 Å². The lowest BCUT2D eigenvalue weighted by Crippen LogP contribution is -2.34. The number of hydrogen-bond acceptors (Lipinski definition) is 2. The SMILES string of the molecule is NC1CCCN(C(=O)Cc2cccc3ccccc23)CC1. The minimum Gasteiger partial charge on any atom is -0.342 e. The van der Waals surface area contributed by atoms with Crippen molar-refractivity contribution in [3.63, 3.8) is 0 Å². The van der Waals surface area contributed by atoms with Gasteiger partial charge in [0.1, 0.15) is 0 Å². The van der Waals surface area contributed by atoms with Gasteiger partial charge in [0.05, 0.1) is 6.42 Å². The highest BCUT2D eigenvalue weighted by Crippen LogP contribution is 2.20. The number of amides is 1. The molecule has 1 heterocycles. The zero-order chi connectivity index (χ0) is 14.7. The first kappa shape index (κ1) is 14.1. The third-order valence-electron chi connectivity index (χ3n) is 4.35. The Balaban J connectivity index is 1.77. The Hall–Kier alpha value is -1.87. The molecule has 1 saturated heterocycles. The van der Waals surface area contributed by atoms with Gasteiger partial charge in [-0.3, -0.25) is 4.79 Å². The number of benzene rings is 2. The highest BCUT2D eigenvalue weighted by Gasteiger charge is 2.19. The summed E-state index contributed by atoms with van der Waals surface area (Å²) in [4.78, 5) is 14.5. The third-order valence-corrected chi connectivity index (χ3v) is 4.35. The zero-order valence-corrected chi connectivity index (χ0v) is 12.3. The molecule has 2 N–H and O–H groups in total. The molecule has 1 atom stereocenters. The molecule has 1 amide bonds. The maximum absolute atomic E-state index is 12.6. The minimum absolute atomic E-state index is 0.223. The Labute approximate surface area is 125 Å². The van der Waals surface area contributed by atoms with Crippen molar-refractivity contribution in [3.8, 4) is 0 Å². The molecule has 2 aromatic rings. The fourth-order valence-electron chi connectivity index (χ4n) is 3.09. The van der Waals surface area contributed by atoms with Gasteiger partial charge in [0.15, 0.2) is 0 Å². The first-order chi connectivity index (χ1) is 10.2. The molecule has 110 valence electrons. The van der Waals surface area contributed by atoms with Crippen molar-refractivity contribution in [1.82, 2.24) is 4.90 Å². The van der Waals surface area contributed by atoms with Crippen LogP contribution in [0.25, 0.3) is 10.8 Å². The quantitative estimate of drug-likeness (QED) is 0.920. The number of hydrogen-bond donors (Lipinski definition) is 1. The van der Waals surface area contributed by atoms with E-state index >= 15 is 0 Å². The number of rotatable bonds is 2. The maximum atomic E-state index is 12.6. The predicted octanol–water partition coefficient (Wildman–Crippen LogP) is 2.72. The highest BCUT2D eigenvalue weighted by molar-refractivity contribution is 5.90. The van der Waals surface area contributed by atoms with Crippen LogP contribution in [0, 0.1) is 0 Å². The van der Waals surface area contributed by atoms with E-state index in [4.69, 9.17) is 5.73 Å². The number of carbonyl (C=O) groups is 1. The summed E-state index contributed by atoms with van der Waals surface area (Å²) < 4.78 is 0. The molecule has 3 heteroatoms. The second kappa shape index (κ2) is 6.27. The molecule has 21 heavy (non-hydrogen) atoms. The van der Waals surface area contributed by atoms with Crippen LogP contribution in [0.15, 0.2) is 42.5 Å². The van der Waals surface area contributed by atoms with Crippen LogP contribution in [0.1, 0.15) is 24.8 Å². The lowest BCUT2D eigenvalue weighted by atomic mass is 10.0. The Bertz CT molecular complexity index is 633. The van der Waals surface area contributed by atoms with Crippen molar-refractivity contribution < 1.29 is 4.79 Å². The molecule has 0 aromatic heterocycles. The lowest BCUT2D eigenvalue weighted by molar-refractivity contribution is -0.130. The molecule has 1 fully saturated rings. The van der Waals surface area contributed by atoms with Crippen molar-refractivity contribution in [1.29, 1.82) is 0 Å². The van der Waals surface area contributed by atoms with Gasteiger partial charge in [0.2, 0.25) is 5.91 Å². The van der Waals surface area contributed by atoms with Gasteiger partial charge in [-0.25, -0.2) is 0 Å². The lowest BCUT2D eigenvalue weighted by Gasteiger charge is -2.21. The predicted molar refractivity (Wildman–Crippen MR) is 86.1 cm³/mol. The average Bonchev–Trinajstić information content (AvgIpc) is 2.72. The first-order valence-electron chi connectivity index (χ1n) is 7.74. The van der Waals surface area contributed by atoms with Gasteiger partial charge in [-0.2, -0.15) is 0 Å². The molecular formula is C18H22N2O. The normalized spacial score (nSPS) is 19.5.